The molecule has 0 bridgehead atoms. The fraction of sp³-hybridized carbons (Fsp3) is 0.0667. The quantitative estimate of drug-likeness (QED) is 0.802. The van der Waals surface area contributed by atoms with Gasteiger partial charge in [0.25, 0.3) is 5.91 Å². The number of anilines is 1. The highest BCUT2D eigenvalue weighted by molar-refractivity contribution is 7.22. The third-order valence-electron chi connectivity index (χ3n) is 2.93. The van der Waals surface area contributed by atoms with Gasteiger partial charge in [0.2, 0.25) is 0 Å². The van der Waals surface area contributed by atoms with Gasteiger partial charge in [0.05, 0.1) is 11.8 Å². The molecule has 3 rings (SSSR count). The molecule has 4 nitrogen and oxygen atoms in total. The highest BCUT2D eigenvalue weighted by atomic mass is 32.1. The second kappa shape index (κ2) is 5.49. The van der Waals surface area contributed by atoms with Gasteiger partial charge in [0.1, 0.15) is 17.1 Å². The van der Waals surface area contributed by atoms with Gasteiger partial charge in [-0.3, -0.25) is 10.1 Å². The first-order valence-electron chi connectivity index (χ1n) is 6.18. The molecule has 1 N–H and O–H groups in total. The highest BCUT2D eigenvalue weighted by Crippen LogP contribution is 2.32. The Balaban J connectivity index is 1.88. The molecule has 0 aliphatic carbocycles. The molecule has 0 aliphatic rings. The van der Waals surface area contributed by atoms with Crippen LogP contribution in [0.15, 0.2) is 42.5 Å². The number of benzene rings is 2. The number of thiazole rings is 1. The van der Waals surface area contributed by atoms with Crippen molar-refractivity contribution in [3.63, 3.8) is 0 Å². The minimum Gasteiger partial charge on any atom is -0.494 e. The van der Waals surface area contributed by atoms with Crippen LogP contribution >= 0.6 is 11.3 Å². The number of hydrogen-bond acceptors (Lipinski definition) is 4. The van der Waals surface area contributed by atoms with Gasteiger partial charge in [-0.1, -0.05) is 17.4 Å². The van der Waals surface area contributed by atoms with E-state index in [0.717, 1.165) is 4.70 Å². The van der Waals surface area contributed by atoms with E-state index in [1.165, 1.54) is 35.6 Å². The molecule has 1 heterocycles. The van der Waals surface area contributed by atoms with Gasteiger partial charge in [-0.05, 0) is 36.4 Å². The number of nitrogens with one attached hydrogen (secondary N) is 1. The number of ether oxygens (including phenoxy) is 1. The molecule has 0 unspecified atom stereocenters. The van der Waals surface area contributed by atoms with E-state index in [1.54, 1.807) is 7.11 Å². The smallest absolute Gasteiger partial charge is 0.257 e. The minimum atomic E-state index is -0.378. The van der Waals surface area contributed by atoms with Crippen molar-refractivity contribution < 1.29 is 13.9 Å². The second-order valence-corrected chi connectivity index (χ2v) is 5.32. The molecular formula is C15H11FN2O2S. The lowest BCUT2D eigenvalue weighted by atomic mass is 10.2. The predicted molar refractivity (Wildman–Crippen MR) is 80.5 cm³/mol. The summed E-state index contributed by atoms with van der Waals surface area (Å²) in [4.78, 5) is 16.4. The van der Waals surface area contributed by atoms with Crippen LogP contribution in [-0.2, 0) is 0 Å². The third kappa shape index (κ3) is 2.71. The number of nitrogens with zero attached hydrogens (tertiary/aromatic N) is 1. The van der Waals surface area contributed by atoms with Crippen LogP contribution in [0.5, 0.6) is 5.75 Å². The summed E-state index contributed by atoms with van der Waals surface area (Å²) in [5, 5.41) is 3.18. The van der Waals surface area contributed by atoms with E-state index in [1.807, 2.05) is 18.2 Å². The highest BCUT2D eigenvalue weighted by Gasteiger charge is 2.12. The molecule has 2 aromatic carbocycles. The van der Waals surface area contributed by atoms with Gasteiger partial charge in [0, 0.05) is 5.56 Å². The Bertz CT molecular complexity index is 799. The SMILES string of the molecule is COc1cccc2sc(NC(=O)c3ccc(F)cc3)nc12. The van der Waals surface area contributed by atoms with Crippen LogP contribution in [0.2, 0.25) is 0 Å². The fourth-order valence-corrected chi connectivity index (χ4v) is 2.79. The average molecular weight is 302 g/mol. The van der Waals surface area contributed by atoms with E-state index in [-0.39, 0.29) is 11.7 Å². The number of rotatable bonds is 3. The van der Waals surface area contributed by atoms with Crippen molar-refractivity contribution in [1.82, 2.24) is 4.98 Å². The number of carbonyl (C=O) groups excluding carboxylic acids is 1. The molecule has 21 heavy (non-hydrogen) atoms. The number of aromatic nitrogens is 1. The number of halogens is 1. The van der Waals surface area contributed by atoms with Gasteiger partial charge in [0.15, 0.2) is 5.13 Å². The normalized spacial score (nSPS) is 10.6. The molecule has 0 radical (unpaired) electrons. The third-order valence-corrected chi connectivity index (χ3v) is 3.86. The summed E-state index contributed by atoms with van der Waals surface area (Å²) in [6, 6.07) is 10.9. The minimum absolute atomic E-state index is 0.326. The van der Waals surface area contributed by atoms with Crippen LogP contribution in [0.4, 0.5) is 9.52 Å². The zero-order chi connectivity index (χ0) is 14.8. The number of para-hydroxylation sites is 1. The van der Waals surface area contributed by atoms with Crippen LogP contribution in [-0.4, -0.2) is 18.0 Å². The summed E-state index contributed by atoms with van der Waals surface area (Å²) in [7, 11) is 1.57. The largest absolute Gasteiger partial charge is 0.494 e. The molecule has 0 aliphatic heterocycles. The van der Waals surface area contributed by atoms with Crippen molar-refractivity contribution in [1.29, 1.82) is 0 Å². The molecule has 0 saturated heterocycles. The standard InChI is InChI=1S/C15H11FN2O2S/c1-20-11-3-2-4-12-13(11)17-15(21-12)18-14(19)9-5-7-10(16)8-6-9/h2-8H,1H3,(H,17,18,19). The van der Waals surface area contributed by atoms with Crippen LogP contribution < -0.4 is 10.1 Å². The summed E-state index contributed by atoms with van der Waals surface area (Å²) >= 11 is 1.36. The molecule has 0 spiro atoms. The van der Waals surface area contributed by atoms with Gasteiger partial charge < -0.3 is 4.74 Å². The van der Waals surface area contributed by atoms with Gasteiger partial charge >= 0.3 is 0 Å². The molecule has 0 fully saturated rings. The van der Waals surface area contributed by atoms with Crippen molar-refractivity contribution in [2.24, 2.45) is 0 Å². The van der Waals surface area contributed by atoms with E-state index in [9.17, 15) is 9.18 Å². The Kier molecular flexibility index (Phi) is 3.53. The second-order valence-electron chi connectivity index (χ2n) is 4.29. The van der Waals surface area contributed by atoms with E-state index < -0.39 is 0 Å². The first-order chi connectivity index (χ1) is 10.2. The van der Waals surface area contributed by atoms with Crippen molar-refractivity contribution >= 4 is 32.6 Å². The Morgan fingerprint density at radius 2 is 2.00 bits per heavy atom. The van der Waals surface area contributed by atoms with Crippen LogP contribution in [0.1, 0.15) is 10.4 Å². The summed E-state index contributed by atoms with van der Waals surface area (Å²) in [6.45, 7) is 0. The van der Waals surface area contributed by atoms with Gasteiger partial charge in [-0.15, -0.1) is 0 Å². The molecule has 1 amide bonds. The number of hydrogen-bond donors (Lipinski definition) is 1. The predicted octanol–water partition coefficient (Wildman–Crippen LogP) is 3.70. The Labute approximate surface area is 124 Å². The Hall–Kier alpha value is -2.47. The van der Waals surface area contributed by atoms with E-state index in [0.29, 0.717) is 22.0 Å². The van der Waals surface area contributed by atoms with Crippen molar-refractivity contribution in [3.05, 3.63) is 53.8 Å². The summed E-state index contributed by atoms with van der Waals surface area (Å²) < 4.78 is 19.0. The number of amides is 1. The maximum Gasteiger partial charge on any atom is 0.257 e. The molecule has 6 heteroatoms. The first-order valence-corrected chi connectivity index (χ1v) is 6.99. The lowest BCUT2D eigenvalue weighted by molar-refractivity contribution is 0.102. The van der Waals surface area contributed by atoms with E-state index in [2.05, 4.69) is 10.3 Å². The molecule has 106 valence electrons. The average Bonchev–Trinajstić information content (AvgIpc) is 2.90. The maximum absolute atomic E-state index is 12.8. The van der Waals surface area contributed by atoms with Crippen LogP contribution in [0.25, 0.3) is 10.2 Å². The zero-order valence-electron chi connectivity index (χ0n) is 11.1. The van der Waals surface area contributed by atoms with Gasteiger partial charge in [-0.2, -0.15) is 0 Å². The zero-order valence-corrected chi connectivity index (χ0v) is 11.9. The lowest BCUT2D eigenvalue weighted by Gasteiger charge is -2.01. The Morgan fingerprint density at radius 3 is 2.71 bits per heavy atom. The van der Waals surface area contributed by atoms with E-state index in [4.69, 9.17) is 4.74 Å². The first kappa shape index (κ1) is 13.5. The summed E-state index contributed by atoms with van der Waals surface area (Å²) in [5.41, 5.74) is 1.09. The van der Waals surface area contributed by atoms with Gasteiger partial charge in [-0.25, -0.2) is 9.37 Å². The van der Waals surface area contributed by atoms with E-state index >= 15 is 0 Å². The van der Waals surface area contributed by atoms with Crippen LogP contribution in [0, 0.1) is 5.82 Å². The molecule has 0 atom stereocenters. The molecule has 0 saturated carbocycles. The Morgan fingerprint density at radius 1 is 1.24 bits per heavy atom. The van der Waals surface area contributed by atoms with Crippen LogP contribution in [0.3, 0.4) is 0 Å². The molecular weight excluding hydrogens is 291 g/mol. The van der Waals surface area contributed by atoms with Crippen molar-refractivity contribution in [3.8, 4) is 5.75 Å². The molecule has 1 aromatic heterocycles. The summed E-state index contributed by atoms with van der Waals surface area (Å²) in [6.07, 6.45) is 0. The fourth-order valence-electron chi connectivity index (χ4n) is 1.91. The van der Waals surface area contributed by atoms with Crippen molar-refractivity contribution in [2.75, 3.05) is 12.4 Å². The summed E-state index contributed by atoms with van der Waals surface area (Å²) in [5.74, 6) is -0.0460. The number of fused-ring (bicyclic) bond motifs is 1. The van der Waals surface area contributed by atoms with Crippen molar-refractivity contribution in [2.45, 2.75) is 0 Å². The lowest BCUT2D eigenvalue weighted by Crippen LogP contribution is -2.11. The molecule has 3 aromatic rings. The topological polar surface area (TPSA) is 51.2 Å². The number of carbonyl (C=O) groups is 1. The maximum atomic E-state index is 12.8. The monoisotopic (exact) mass is 302 g/mol. The number of methoxy groups -OCH3 is 1.